The number of benzene rings is 2. The number of likely N-dealkylation sites (tertiary alicyclic amines) is 1. The molecule has 1 saturated heterocycles. The smallest absolute Gasteiger partial charge is 0.319 e. The van der Waals surface area contributed by atoms with Gasteiger partial charge in [-0.3, -0.25) is 4.79 Å². The molecule has 0 saturated carbocycles. The molecule has 1 heterocycles. The number of piperidine rings is 1. The van der Waals surface area contributed by atoms with Crippen molar-refractivity contribution in [1.82, 2.24) is 15.1 Å². The van der Waals surface area contributed by atoms with Gasteiger partial charge in [-0.2, -0.15) is 0 Å². The van der Waals surface area contributed by atoms with Gasteiger partial charge in [-0.15, -0.1) is 0 Å². The van der Waals surface area contributed by atoms with E-state index in [4.69, 9.17) is 0 Å². The van der Waals surface area contributed by atoms with Gasteiger partial charge in [0.2, 0.25) is 0 Å². The van der Waals surface area contributed by atoms with Gasteiger partial charge in [-0.1, -0.05) is 36.4 Å². The van der Waals surface area contributed by atoms with Crippen molar-refractivity contribution in [2.45, 2.75) is 32.7 Å². The van der Waals surface area contributed by atoms with Crippen molar-refractivity contribution in [3.05, 3.63) is 48.0 Å². The van der Waals surface area contributed by atoms with Crippen LogP contribution in [-0.4, -0.2) is 54.0 Å². The number of carbonyl (C=O) groups excluding carboxylic acids is 2. The van der Waals surface area contributed by atoms with Crippen LogP contribution in [0.1, 0.15) is 37.0 Å². The predicted octanol–water partition coefficient (Wildman–Crippen LogP) is 3.50. The van der Waals surface area contributed by atoms with Crippen LogP contribution in [0.3, 0.4) is 0 Å². The van der Waals surface area contributed by atoms with E-state index in [1.165, 1.54) is 0 Å². The molecular weight excluding hydrogens is 326 g/mol. The maximum absolute atomic E-state index is 12.7. The molecule has 0 bridgehead atoms. The van der Waals surface area contributed by atoms with Gasteiger partial charge in [-0.25, -0.2) is 4.79 Å². The minimum atomic E-state index is -0.0321. The van der Waals surface area contributed by atoms with Gasteiger partial charge in [0.15, 0.2) is 0 Å². The van der Waals surface area contributed by atoms with Gasteiger partial charge in [0.25, 0.3) is 5.91 Å². The largest absolute Gasteiger partial charge is 0.349 e. The number of nitrogens with one attached hydrogen (secondary N) is 1. The highest BCUT2D eigenvalue weighted by Gasteiger charge is 2.26. The summed E-state index contributed by atoms with van der Waals surface area (Å²) in [6, 6.07) is 14.0. The van der Waals surface area contributed by atoms with Gasteiger partial charge in [-0.05, 0) is 43.5 Å². The summed E-state index contributed by atoms with van der Waals surface area (Å²) in [5.41, 5.74) is 0.713. The van der Waals surface area contributed by atoms with Gasteiger partial charge in [0.05, 0.1) is 0 Å². The molecule has 0 aliphatic carbocycles. The Morgan fingerprint density at radius 2 is 1.69 bits per heavy atom. The van der Waals surface area contributed by atoms with Gasteiger partial charge < -0.3 is 15.1 Å². The van der Waals surface area contributed by atoms with Crippen molar-refractivity contribution < 1.29 is 9.59 Å². The minimum Gasteiger partial charge on any atom is -0.349 e. The molecular formula is C21H27N3O2. The lowest BCUT2D eigenvalue weighted by molar-refractivity contribution is 0.0913. The minimum absolute atomic E-state index is 0.0321. The third-order valence-corrected chi connectivity index (χ3v) is 5.17. The Balaban J connectivity index is 1.61. The van der Waals surface area contributed by atoms with Crippen molar-refractivity contribution in [2.75, 3.05) is 26.2 Å². The predicted molar refractivity (Wildman–Crippen MR) is 104 cm³/mol. The number of nitrogens with zero attached hydrogens (tertiary/aromatic N) is 2. The molecule has 1 N–H and O–H groups in total. The van der Waals surface area contributed by atoms with E-state index in [0.717, 1.165) is 36.7 Å². The van der Waals surface area contributed by atoms with Crippen LogP contribution in [0.2, 0.25) is 0 Å². The average molecular weight is 353 g/mol. The van der Waals surface area contributed by atoms with Crippen LogP contribution >= 0.6 is 0 Å². The Labute approximate surface area is 155 Å². The molecule has 2 aromatic rings. The Bertz CT molecular complexity index is 772. The highest BCUT2D eigenvalue weighted by molar-refractivity contribution is 6.07. The van der Waals surface area contributed by atoms with E-state index < -0.39 is 0 Å². The molecule has 1 aliphatic heterocycles. The van der Waals surface area contributed by atoms with Crippen molar-refractivity contribution in [1.29, 1.82) is 0 Å². The highest BCUT2D eigenvalue weighted by atomic mass is 16.2. The molecule has 0 unspecified atom stereocenters. The Kier molecular flexibility index (Phi) is 5.76. The number of amides is 3. The second kappa shape index (κ2) is 8.21. The first kappa shape index (κ1) is 18.2. The Hall–Kier alpha value is -2.56. The van der Waals surface area contributed by atoms with E-state index in [1.807, 2.05) is 66.1 Å². The summed E-state index contributed by atoms with van der Waals surface area (Å²) in [4.78, 5) is 28.9. The summed E-state index contributed by atoms with van der Waals surface area (Å²) in [7, 11) is 0. The van der Waals surface area contributed by atoms with Crippen LogP contribution in [0, 0.1) is 0 Å². The fourth-order valence-corrected chi connectivity index (χ4v) is 3.60. The number of hydrogen-bond acceptors (Lipinski definition) is 2. The molecule has 0 radical (unpaired) electrons. The zero-order valence-electron chi connectivity index (χ0n) is 15.6. The van der Waals surface area contributed by atoms with E-state index >= 15 is 0 Å². The van der Waals surface area contributed by atoms with Crippen molar-refractivity contribution in [3.8, 4) is 0 Å². The lowest BCUT2D eigenvalue weighted by Crippen LogP contribution is -2.50. The Morgan fingerprint density at radius 1 is 1.04 bits per heavy atom. The van der Waals surface area contributed by atoms with Crippen molar-refractivity contribution in [2.24, 2.45) is 0 Å². The first-order valence-electron chi connectivity index (χ1n) is 9.46. The van der Waals surface area contributed by atoms with E-state index in [0.29, 0.717) is 18.7 Å². The van der Waals surface area contributed by atoms with Crippen LogP contribution in [0.25, 0.3) is 10.8 Å². The third kappa shape index (κ3) is 3.82. The second-order valence-electron chi connectivity index (χ2n) is 6.72. The monoisotopic (exact) mass is 353 g/mol. The van der Waals surface area contributed by atoms with Gasteiger partial charge in [0.1, 0.15) is 0 Å². The quantitative estimate of drug-likeness (QED) is 0.915. The molecule has 1 fully saturated rings. The average Bonchev–Trinajstić information content (AvgIpc) is 2.69. The number of fused-ring (bicyclic) bond motifs is 1. The Morgan fingerprint density at radius 3 is 2.38 bits per heavy atom. The summed E-state index contributed by atoms with van der Waals surface area (Å²) in [6.07, 6.45) is 1.59. The summed E-state index contributed by atoms with van der Waals surface area (Å²) in [5.74, 6) is -0.0321. The van der Waals surface area contributed by atoms with Crippen LogP contribution in [0.5, 0.6) is 0 Å². The topological polar surface area (TPSA) is 52.7 Å². The molecule has 1 aliphatic rings. The standard InChI is InChI=1S/C21H27N3O2/c1-3-23(4-2)21(26)24-14-12-17(13-15-24)22-20(25)19-11-7-9-16-8-5-6-10-18(16)19/h5-11,17H,3-4,12-15H2,1-2H3,(H,22,25). The normalized spacial score (nSPS) is 15.1. The molecule has 138 valence electrons. The second-order valence-corrected chi connectivity index (χ2v) is 6.72. The molecule has 3 rings (SSSR count). The fraction of sp³-hybridized carbons (Fsp3) is 0.429. The molecule has 3 amide bonds. The molecule has 2 aromatic carbocycles. The summed E-state index contributed by atoms with van der Waals surface area (Å²) >= 11 is 0. The molecule has 26 heavy (non-hydrogen) atoms. The number of rotatable bonds is 4. The highest BCUT2D eigenvalue weighted by Crippen LogP contribution is 2.19. The first-order chi connectivity index (χ1) is 12.6. The third-order valence-electron chi connectivity index (χ3n) is 5.17. The van der Waals surface area contributed by atoms with Crippen LogP contribution in [0.15, 0.2) is 42.5 Å². The maximum atomic E-state index is 12.7. The van der Waals surface area contributed by atoms with E-state index in [9.17, 15) is 9.59 Å². The summed E-state index contributed by atoms with van der Waals surface area (Å²) in [6.45, 7) is 6.84. The lowest BCUT2D eigenvalue weighted by atomic mass is 10.0. The number of urea groups is 1. The van der Waals surface area contributed by atoms with Gasteiger partial charge in [0, 0.05) is 37.8 Å². The van der Waals surface area contributed by atoms with Crippen molar-refractivity contribution >= 4 is 22.7 Å². The SMILES string of the molecule is CCN(CC)C(=O)N1CCC(NC(=O)c2cccc3ccccc23)CC1. The van der Waals surface area contributed by atoms with E-state index in [1.54, 1.807) is 0 Å². The van der Waals surface area contributed by atoms with Crippen LogP contribution in [0.4, 0.5) is 4.79 Å². The van der Waals surface area contributed by atoms with Crippen LogP contribution in [-0.2, 0) is 0 Å². The van der Waals surface area contributed by atoms with E-state index in [-0.39, 0.29) is 18.0 Å². The molecule has 0 atom stereocenters. The van der Waals surface area contributed by atoms with Crippen LogP contribution < -0.4 is 5.32 Å². The molecule has 0 aromatic heterocycles. The van der Waals surface area contributed by atoms with Gasteiger partial charge >= 0.3 is 6.03 Å². The van der Waals surface area contributed by atoms with E-state index in [2.05, 4.69) is 5.32 Å². The lowest BCUT2D eigenvalue weighted by Gasteiger charge is -2.35. The summed E-state index contributed by atoms with van der Waals surface area (Å²) < 4.78 is 0. The molecule has 5 heteroatoms. The molecule has 0 spiro atoms. The molecule has 5 nitrogen and oxygen atoms in total. The summed E-state index contributed by atoms with van der Waals surface area (Å²) in [5, 5.41) is 5.20. The first-order valence-corrected chi connectivity index (χ1v) is 9.46. The maximum Gasteiger partial charge on any atom is 0.319 e. The number of carbonyl (C=O) groups is 2. The number of hydrogen-bond donors (Lipinski definition) is 1. The fourth-order valence-electron chi connectivity index (χ4n) is 3.60. The van der Waals surface area contributed by atoms with Crippen molar-refractivity contribution in [3.63, 3.8) is 0 Å². The zero-order chi connectivity index (χ0) is 18.5. The zero-order valence-corrected chi connectivity index (χ0v) is 15.6.